The van der Waals surface area contributed by atoms with Gasteiger partial charge in [-0.15, -0.1) is 13.2 Å². The number of hydrogen-bond donors (Lipinski definition) is 1. The van der Waals surface area contributed by atoms with Gasteiger partial charge in [-0.2, -0.15) is 0 Å². The summed E-state index contributed by atoms with van der Waals surface area (Å²) in [4.78, 5) is 19.8. The number of carbonyl (C=O) groups is 1. The maximum atomic E-state index is 13.2. The van der Waals surface area contributed by atoms with Crippen LogP contribution in [0.4, 0.5) is 13.2 Å². The van der Waals surface area contributed by atoms with E-state index in [1.54, 1.807) is 30.5 Å². The first kappa shape index (κ1) is 25.5. The first-order chi connectivity index (χ1) is 17.4. The topological polar surface area (TPSA) is 63.7 Å². The number of rotatable bonds is 9. The van der Waals surface area contributed by atoms with Crippen LogP contribution >= 0.6 is 0 Å². The van der Waals surface area contributed by atoms with Crippen molar-refractivity contribution in [1.82, 2.24) is 15.2 Å². The molecule has 0 aliphatic carbocycles. The van der Waals surface area contributed by atoms with Gasteiger partial charge in [0.25, 0.3) is 0 Å². The van der Waals surface area contributed by atoms with Crippen molar-refractivity contribution in [1.29, 1.82) is 0 Å². The van der Waals surface area contributed by atoms with Gasteiger partial charge in [0.1, 0.15) is 18.1 Å². The van der Waals surface area contributed by atoms with E-state index in [1.165, 1.54) is 18.2 Å². The number of likely N-dealkylation sites (tertiary alicyclic amines) is 1. The quantitative estimate of drug-likeness (QED) is 0.450. The zero-order valence-electron chi connectivity index (χ0n) is 19.7. The van der Waals surface area contributed by atoms with E-state index in [9.17, 15) is 18.0 Å². The first-order valence-electron chi connectivity index (χ1n) is 11.8. The number of hydrogen-bond acceptors (Lipinski definition) is 5. The maximum absolute atomic E-state index is 13.2. The Morgan fingerprint density at radius 1 is 1.00 bits per heavy atom. The molecule has 1 aromatic heterocycles. The number of nitrogens with one attached hydrogen (secondary N) is 1. The smallest absolute Gasteiger partial charge is 0.492 e. The van der Waals surface area contributed by atoms with E-state index in [0.29, 0.717) is 30.7 Å². The van der Waals surface area contributed by atoms with E-state index in [4.69, 9.17) is 4.74 Å². The van der Waals surface area contributed by atoms with Gasteiger partial charge >= 0.3 is 6.36 Å². The second-order valence-electron chi connectivity index (χ2n) is 8.59. The van der Waals surface area contributed by atoms with Crippen molar-refractivity contribution in [3.8, 4) is 11.5 Å². The molecule has 0 bridgehead atoms. The van der Waals surface area contributed by atoms with Gasteiger partial charge in [0.2, 0.25) is 5.91 Å². The molecule has 1 fully saturated rings. The minimum absolute atomic E-state index is 0.145. The molecule has 36 heavy (non-hydrogen) atoms. The van der Waals surface area contributed by atoms with Crippen molar-refractivity contribution in [2.24, 2.45) is 5.92 Å². The fraction of sp³-hybridized carbons (Fsp3) is 0.333. The Hall–Kier alpha value is -3.59. The van der Waals surface area contributed by atoms with Gasteiger partial charge in [-0.05, 0) is 67.9 Å². The molecule has 0 saturated carbocycles. The fourth-order valence-electron chi connectivity index (χ4n) is 4.25. The third kappa shape index (κ3) is 7.45. The van der Waals surface area contributed by atoms with Crippen LogP contribution in [0.5, 0.6) is 11.5 Å². The number of pyridine rings is 1. The molecule has 1 aliphatic rings. The number of benzene rings is 2. The molecule has 0 spiro atoms. The van der Waals surface area contributed by atoms with Crippen LogP contribution in [0.2, 0.25) is 0 Å². The summed E-state index contributed by atoms with van der Waals surface area (Å²) in [6.07, 6.45) is -1.85. The minimum Gasteiger partial charge on any atom is -0.492 e. The fourth-order valence-corrected chi connectivity index (χ4v) is 4.25. The summed E-state index contributed by atoms with van der Waals surface area (Å²) < 4.78 is 48.0. The highest BCUT2D eigenvalue weighted by atomic mass is 19.4. The Morgan fingerprint density at radius 2 is 1.72 bits per heavy atom. The van der Waals surface area contributed by atoms with Crippen molar-refractivity contribution in [3.63, 3.8) is 0 Å². The van der Waals surface area contributed by atoms with Crippen LogP contribution in [0.25, 0.3) is 0 Å². The highest BCUT2D eigenvalue weighted by Crippen LogP contribution is 2.29. The SMILES string of the molecule is O=C(N[C@H](c1cccc(OC(F)(F)F)c1)c1ccccn1)C1CCN(CCOc2ccccc2)CC1. The number of para-hydroxylation sites is 1. The molecule has 1 aliphatic heterocycles. The van der Waals surface area contributed by atoms with Crippen LogP contribution in [-0.2, 0) is 4.79 Å². The summed E-state index contributed by atoms with van der Waals surface area (Å²) in [5, 5.41) is 3.01. The lowest BCUT2D eigenvalue weighted by molar-refractivity contribution is -0.274. The molecule has 1 saturated heterocycles. The standard InChI is InChI=1S/C27H28F3N3O3/c28-27(29,30)36-23-10-6-7-21(19-23)25(24-11-4-5-14-31-24)32-26(34)20-12-15-33(16-13-20)17-18-35-22-8-2-1-3-9-22/h1-11,14,19-20,25H,12-13,15-18H2,(H,32,34)/t25-/m1/s1. The molecule has 3 aromatic rings. The third-order valence-corrected chi connectivity index (χ3v) is 6.07. The van der Waals surface area contributed by atoms with E-state index in [-0.39, 0.29) is 17.6 Å². The number of alkyl halides is 3. The Balaban J connectivity index is 1.36. The molecule has 190 valence electrons. The number of aromatic nitrogens is 1. The van der Waals surface area contributed by atoms with Crippen molar-refractivity contribution in [3.05, 3.63) is 90.3 Å². The highest BCUT2D eigenvalue weighted by Gasteiger charge is 2.32. The average molecular weight is 500 g/mol. The Labute approximate surface area is 208 Å². The predicted molar refractivity (Wildman–Crippen MR) is 128 cm³/mol. The van der Waals surface area contributed by atoms with Gasteiger partial charge in [-0.25, -0.2) is 0 Å². The molecule has 2 heterocycles. The second kappa shape index (κ2) is 11.9. The van der Waals surface area contributed by atoms with Gasteiger partial charge in [-0.1, -0.05) is 36.4 Å². The average Bonchev–Trinajstić information content (AvgIpc) is 2.88. The number of nitrogens with zero attached hydrogens (tertiary/aromatic N) is 2. The van der Waals surface area contributed by atoms with E-state index in [2.05, 4.69) is 19.9 Å². The molecular formula is C27H28F3N3O3. The van der Waals surface area contributed by atoms with Crippen LogP contribution in [0, 0.1) is 5.92 Å². The van der Waals surface area contributed by atoms with Crippen LogP contribution < -0.4 is 14.8 Å². The minimum atomic E-state index is -4.80. The number of amides is 1. The number of halogens is 3. The van der Waals surface area contributed by atoms with E-state index in [0.717, 1.165) is 25.4 Å². The molecule has 1 N–H and O–H groups in total. The molecule has 6 nitrogen and oxygen atoms in total. The predicted octanol–water partition coefficient (Wildman–Crippen LogP) is 4.98. The van der Waals surface area contributed by atoms with Gasteiger partial charge in [0, 0.05) is 18.7 Å². The molecule has 0 radical (unpaired) electrons. The monoisotopic (exact) mass is 499 g/mol. The number of carbonyl (C=O) groups excluding carboxylic acids is 1. The number of piperidine rings is 1. The molecule has 4 rings (SSSR count). The van der Waals surface area contributed by atoms with Gasteiger partial charge in [0.15, 0.2) is 0 Å². The van der Waals surface area contributed by atoms with Crippen LogP contribution in [0.1, 0.15) is 30.1 Å². The molecule has 1 amide bonds. The van der Waals surface area contributed by atoms with E-state index in [1.807, 2.05) is 30.3 Å². The molecule has 1 atom stereocenters. The molecular weight excluding hydrogens is 471 g/mol. The van der Waals surface area contributed by atoms with Crippen LogP contribution in [0.15, 0.2) is 79.0 Å². The van der Waals surface area contributed by atoms with Gasteiger partial charge in [0.05, 0.1) is 11.7 Å². The summed E-state index contributed by atoms with van der Waals surface area (Å²) in [5.74, 6) is 0.142. The van der Waals surface area contributed by atoms with Crippen LogP contribution in [0.3, 0.4) is 0 Å². The molecule has 2 aromatic carbocycles. The summed E-state index contributed by atoms with van der Waals surface area (Å²) in [6, 6.07) is 19.8. The van der Waals surface area contributed by atoms with Crippen LogP contribution in [-0.4, -0.2) is 48.4 Å². The lowest BCUT2D eigenvalue weighted by Gasteiger charge is -2.32. The lowest BCUT2D eigenvalue weighted by atomic mass is 9.94. The Bertz CT molecular complexity index is 1110. The second-order valence-corrected chi connectivity index (χ2v) is 8.59. The maximum Gasteiger partial charge on any atom is 0.573 e. The summed E-state index contributed by atoms with van der Waals surface area (Å²) >= 11 is 0. The zero-order chi connectivity index (χ0) is 25.4. The van der Waals surface area contributed by atoms with Gasteiger partial charge < -0.3 is 14.8 Å². The Morgan fingerprint density at radius 3 is 2.42 bits per heavy atom. The Kier molecular flexibility index (Phi) is 8.43. The third-order valence-electron chi connectivity index (χ3n) is 6.07. The van der Waals surface area contributed by atoms with E-state index >= 15 is 0 Å². The summed E-state index contributed by atoms with van der Waals surface area (Å²) in [6.45, 7) is 2.86. The molecule has 0 unspecified atom stereocenters. The van der Waals surface area contributed by atoms with Gasteiger partial charge in [-0.3, -0.25) is 14.7 Å². The largest absolute Gasteiger partial charge is 0.573 e. The summed E-state index contributed by atoms with van der Waals surface area (Å²) in [5.41, 5.74) is 0.991. The lowest BCUT2D eigenvalue weighted by Crippen LogP contribution is -2.43. The van der Waals surface area contributed by atoms with E-state index < -0.39 is 12.4 Å². The zero-order valence-corrected chi connectivity index (χ0v) is 19.7. The normalized spacial score (nSPS) is 15.8. The number of ether oxygens (including phenoxy) is 2. The highest BCUT2D eigenvalue weighted by molar-refractivity contribution is 5.79. The van der Waals surface area contributed by atoms with Crippen molar-refractivity contribution in [2.75, 3.05) is 26.2 Å². The summed E-state index contributed by atoms with van der Waals surface area (Å²) in [7, 11) is 0. The molecule has 9 heteroatoms. The van der Waals surface area contributed by atoms with Crippen molar-refractivity contribution >= 4 is 5.91 Å². The first-order valence-corrected chi connectivity index (χ1v) is 11.8. The van der Waals surface area contributed by atoms with Crippen molar-refractivity contribution in [2.45, 2.75) is 25.2 Å². The van der Waals surface area contributed by atoms with Crippen molar-refractivity contribution < 1.29 is 27.4 Å².